The van der Waals surface area contributed by atoms with Gasteiger partial charge in [0.2, 0.25) is 0 Å². The number of hydrogen-bond donors (Lipinski definition) is 1. The molecule has 0 aliphatic rings. The van der Waals surface area contributed by atoms with E-state index in [0.29, 0.717) is 0 Å². The summed E-state index contributed by atoms with van der Waals surface area (Å²) in [7, 11) is 0. The number of benzene rings is 1. The number of nitrogens with two attached hydrogens (primary N) is 1. The average molecular weight is 311 g/mol. The molecule has 0 unspecified atom stereocenters. The van der Waals surface area contributed by atoms with Crippen LogP contribution >= 0.6 is 31.9 Å². The van der Waals surface area contributed by atoms with E-state index in [1.54, 1.807) is 0 Å². The fourth-order valence-corrected chi connectivity index (χ4v) is 1.40. The Labute approximate surface area is 91.6 Å². The molecule has 0 aromatic heterocycles. The maximum absolute atomic E-state index is 13.0. The van der Waals surface area contributed by atoms with Gasteiger partial charge in [-0.15, -0.1) is 0 Å². The van der Waals surface area contributed by atoms with Gasteiger partial charge >= 0.3 is 0 Å². The summed E-state index contributed by atoms with van der Waals surface area (Å²) in [6.45, 7) is 0. The van der Waals surface area contributed by atoms with E-state index in [2.05, 4.69) is 31.9 Å². The summed E-state index contributed by atoms with van der Waals surface area (Å²) in [5, 5.41) is 0.160. The van der Waals surface area contributed by atoms with Crippen LogP contribution in [0.2, 0.25) is 0 Å². The normalized spacial score (nSPS) is 10.1. The number of nitrogen functional groups attached to an aromatic ring is 1. The van der Waals surface area contributed by atoms with Gasteiger partial charge in [0.1, 0.15) is 5.82 Å². The van der Waals surface area contributed by atoms with Gasteiger partial charge in [-0.2, -0.15) is 0 Å². The van der Waals surface area contributed by atoms with Crippen LogP contribution in [0.25, 0.3) is 0 Å². The van der Waals surface area contributed by atoms with Crippen LogP contribution in [0.4, 0.5) is 10.1 Å². The van der Waals surface area contributed by atoms with Gasteiger partial charge in [-0.3, -0.25) is 4.79 Å². The van der Waals surface area contributed by atoms with Crippen LogP contribution in [0.3, 0.4) is 0 Å². The Morgan fingerprint density at radius 2 is 2.15 bits per heavy atom. The number of carbonyl (C=O) groups is 1. The van der Waals surface area contributed by atoms with E-state index in [9.17, 15) is 9.18 Å². The Morgan fingerprint density at radius 3 is 2.62 bits per heavy atom. The molecule has 0 radical (unpaired) electrons. The predicted molar refractivity (Wildman–Crippen MR) is 56.6 cm³/mol. The number of alkyl halides is 1. The van der Waals surface area contributed by atoms with Crippen LogP contribution in [0.1, 0.15) is 10.4 Å². The molecule has 0 fully saturated rings. The summed E-state index contributed by atoms with van der Waals surface area (Å²) in [6.07, 6.45) is 0. The number of rotatable bonds is 2. The van der Waals surface area contributed by atoms with Crippen molar-refractivity contribution in [1.82, 2.24) is 0 Å². The van der Waals surface area contributed by atoms with Crippen molar-refractivity contribution in [2.24, 2.45) is 0 Å². The molecule has 0 atom stereocenters. The lowest BCUT2D eigenvalue weighted by atomic mass is 10.1. The van der Waals surface area contributed by atoms with E-state index in [0.717, 1.165) is 6.07 Å². The first kappa shape index (κ1) is 10.7. The monoisotopic (exact) mass is 309 g/mol. The minimum atomic E-state index is -0.524. The predicted octanol–water partition coefficient (Wildman–Crippen LogP) is 2.75. The highest BCUT2D eigenvalue weighted by atomic mass is 79.9. The lowest BCUT2D eigenvalue weighted by Gasteiger charge is -2.02. The van der Waals surface area contributed by atoms with Crippen molar-refractivity contribution in [2.75, 3.05) is 11.1 Å². The smallest absolute Gasteiger partial charge is 0.173 e. The molecule has 0 aliphatic carbocycles. The van der Waals surface area contributed by atoms with E-state index < -0.39 is 5.82 Å². The molecule has 0 bridgehead atoms. The van der Waals surface area contributed by atoms with E-state index in [-0.39, 0.29) is 26.8 Å². The molecule has 0 saturated heterocycles. The first-order valence-electron chi connectivity index (χ1n) is 3.40. The summed E-state index contributed by atoms with van der Waals surface area (Å²) in [6, 6.07) is 2.60. The van der Waals surface area contributed by atoms with Crippen molar-refractivity contribution in [1.29, 1.82) is 0 Å². The second-order valence-corrected chi connectivity index (χ2v) is 3.77. The number of hydrogen-bond acceptors (Lipinski definition) is 2. The first-order valence-corrected chi connectivity index (χ1v) is 5.31. The molecule has 0 amide bonds. The third kappa shape index (κ3) is 2.28. The summed E-state index contributed by atoms with van der Waals surface area (Å²) < 4.78 is 13.2. The lowest BCUT2D eigenvalue weighted by molar-refractivity contribution is 0.102. The molecule has 5 heteroatoms. The standard InChI is InChI=1S/C8H6Br2FNO/c9-3-7(13)4-1-5(11)8(10)6(12)2-4/h1-2H,3,12H2. The van der Waals surface area contributed by atoms with Crippen LogP contribution in [0, 0.1) is 5.82 Å². The molecule has 13 heavy (non-hydrogen) atoms. The first-order chi connectivity index (χ1) is 6.06. The molecule has 70 valence electrons. The molecule has 0 spiro atoms. The van der Waals surface area contributed by atoms with Crippen LogP contribution in [0.15, 0.2) is 16.6 Å². The SMILES string of the molecule is Nc1cc(C(=O)CBr)cc(F)c1Br. The molecule has 2 N–H and O–H groups in total. The van der Waals surface area contributed by atoms with Crippen molar-refractivity contribution in [3.8, 4) is 0 Å². The van der Waals surface area contributed by atoms with E-state index in [1.165, 1.54) is 6.07 Å². The second kappa shape index (κ2) is 4.19. The second-order valence-electron chi connectivity index (χ2n) is 2.42. The highest BCUT2D eigenvalue weighted by molar-refractivity contribution is 9.10. The molecule has 0 aliphatic heterocycles. The fraction of sp³-hybridized carbons (Fsp3) is 0.125. The maximum atomic E-state index is 13.0. The minimum absolute atomic E-state index is 0.160. The lowest BCUT2D eigenvalue weighted by Crippen LogP contribution is -2.02. The van der Waals surface area contributed by atoms with Gasteiger partial charge in [0.15, 0.2) is 5.78 Å². The fourth-order valence-electron chi connectivity index (χ4n) is 0.848. The molecular formula is C8H6Br2FNO. The summed E-state index contributed by atoms with van der Waals surface area (Å²) in [4.78, 5) is 11.1. The van der Waals surface area contributed by atoms with Crippen LogP contribution in [-0.2, 0) is 0 Å². The van der Waals surface area contributed by atoms with E-state index in [1.807, 2.05) is 0 Å². The topological polar surface area (TPSA) is 43.1 Å². The zero-order valence-corrected chi connectivity index (χ0v) is 9.65. The van der Waals surface area contributed by atoms with Crippen molar-refractivity contribution in [2.45, 2.75) is 0 Å². The van der Waals surface area contributed by atoms with E-state index in [4.69, 9.17) is 5.73 Å². The van der Waals surface area contributed by atoms with Gasteiger partial charge in [-0.1, -0.05) is 15.9 Å². The number of halogens is 3. The largest absolute Gasteiger partial charge is 0.398 e. The number of Topliss-reactive ketones (excluding diaryl/α,β-unsaturated/α-hetero) is 1. The minimum Gasteiger partial charge on any atom is -0.398 e. The Bertz CT molecular complexity index is 331. The quantitative estimate of drug-likeness (QED) is 0.518. The summed E-state index contributed by atoms with van der Waals surface area (Å²) >= 11 is 5.96. The van der Waals surface area contributed by atoms with Gasteiger partial charge in [-0.25, -0.2) is 4.39 Å². The molecule has 1 aromatic carbocycles. The van der Waals surface area contributed by atoms with Gasteiger partial charge in [0.05, 0.1) is 9.80 Å². The Morgan fingerprint density at radius 1 is 1.54 bits per heavy atom. The highest BCUT2D eigenvalue weighted by Gasteiger charge is 2.10. The third-order valence-electron chi connectivity index (χ3n) is 1.50. The summed E-state index contributed by atoms with van der Waals surface area (Å²) in [5.74, 6) is -0.720. The van der Waals surface area contributed by atoms with Crippen LogP contribution < -0.4 is 5.73 Å². The molecule has 1 aromatic rings. The number of carbonyl (C=O) groups excluding carboxylic acids is 1. The van der Waals surface area contributed by atoms with Crippen molar-refractivity contribution in [3.63, 3.8) is 0 Å². The van der Waals surface area contributed by atoms with Gasteiger partial charge < -0.3 is 5.73 Å². The van der Waals surface area contributed by atoms with Crippen LogP contribution in [0.5, 0.6) is 0 Å². The Balaban J connectivity index is 3.20. The van der Waals surface area contributed by atoms with E-state index >= 15 is 0 Å². The summed E-state index contributed by atoms with van der Waals surface area (Å²) in [5.41, 5.74) is 5.96. The molecule has 0 saturated carbocycles. The average Bonchev–Trinajstić information content (AvgIpc) is 2.12. The molecule has 0 heterocycles. The van der Waals surface area contributed by atoms with Crippen molar-refractivity contribution in [3.05, 3.63) is 28.0 Å². The van der Waals surface area contributed by atoms with Gasteiger partial charge in [-0.05, 0) is 28.1 Å². The molecule has 2 nitrogen and oxygen atoms in total. The van der Waals surface area contributed by atoms with Gasteiger partial charge in [0.25, 0.3) is 0 Å². The molecule has 1 rings (SSSR count). The van der Waals surface area contributed by atoms with Crippen LogP contribution in [-0.4, -0.2) is 11.1 Å². The zero-order valence-electron chi connectivity index (χ0n) is 6.48. The molecular weight excluding hydrogens is 305 g/mol. The number of anilines is 1. The Hall–Kier alpha value is -0.420. The number of ketones is 1. The third-order valence-corrected chi connectivity index (χ3v) is 2.85. The zero-order chi connectivity index (χ0) is 10.0. The maximum Gasteiger partial charge on any atom is 0.173 e. The Kier molecular flexibility index (Phi) is 3.44. The van der Waals surface area contributed by atoms with Gasteiger partial charge in [0, 0.05) is 11.3 Å². The van der Waals surface area contributed by atoms with Crippen molar-refractivity contribution >= 4 is 43.3 Å². The highest BCUT2D eigenvalue weighted by Crippen LogP contribution is 2.24. The van der Waals surface area contributed by atoms with Crippen molar-refractivity contribution < 1.29 is 9.18 Å².